The lowest BCUT2D eigenvalue weighted by atomic mass is 9.81. The summed E-state index contributed by atoms with van der Waals surface area (Å²) in [7, 11) is 3.83. The van der Waals surface area contributed by atoms with Crippen molar-refractivity contribution in [2.24, 2.45) is 0 Å². The van der Waals surface area contributed by atoms with Gasteiger partial charge >= 0.3 is 0 Å². The maximum atomic E-state index is 13.1. The number of fused-ring (bicyclic) bond motifs is 2. The summed E-state index contributed by atoms with van der Waals surface area (Å²) in [5.74, 6) is -2.71. The molecule has 0 spiro atoms. The van der Waals surface area contributed by atoms with Gasteiger partial charge in [0.2, 0.25) is 11.5 Å². The zero-order valence-corrected chi connectivity index (χ0v) is 14.2. The van der Waals surface area contributed by atoms with Crippen LogP contribution in [0.4, 0.5) is 0 Å². The van der Waals surface area contributed by atoms with Crippen LogP contribution in [0, 0.1) is 0 Å². The van der Waals surface area contributed by atoms with Crippen molar-refractivity contribution in [1.82, 2.24) is 0 Å². The van der Waals surface area contributed by atoms with E-state index in [9.17, 15) is 24.9 Å². The third-order valence-electron chi connectivity index (χ3n) is 4.28. The molecule has 0 atom stereocenters. The Labute approximate surface area is 148 Å². The van der Waals surface area contributed by atoms with Crippen molar-refractivity contribution < 1.29 is 39.1 Å². The molecule has 8 nitrogen and oxygen atoms in total. The number of methoxy groups -OCH3 is 3. The van der Waals surface area contributed by atoms with E-state index >= 15 is 0 Å². The number of aliphatic hydroxyl groups is 1. The predicted octanol–water partition coefficient (Wildman–Crippen LogP) is 1.39. The third-order valence-corrected chi connectivity index (χ3v) is 4.28. The fourth-order valence-corrected chi connectivity index (χ4v) is 3.15. The van der Waals surface area contributed by atoms with Gasteiger partial charge in [-0.2, -0.15) is 0 Å². The molecule has 2 aromatic carbocycles. The topological polar surface area (TPSA) is 123 Å². The summed E-state index contributed by atoms with van der Waals surface area (Å²) in [5, 5.41) is 29.9. The van der Waals surface area contributed by atoms with Gasteiger partial charge in [0.05, 0.1) is 44.6 Å². The number of phenols is 2. The summed E-state index contributed by atoms with van der Waals surface area (Å²) in [5.41, 5.74) is -0.433. The van der Waals surface area contributed by atoms with Crippen LogP contribution in [0.3, 0.4) is 0 Å². The quantitative estimate of drug-likeness (QED) is 0.638. The zero-order valence-electron chi connectivity index (χ0n) is 14.2. The number of rotatable bonds is 4. The van der Waals surface area contributed by atoms with Crippen LogP contribution < -0.4 is 14.2 Å². The van der Waals surface area contributed by atoms with Crippen molar-refractivity contribution in [3.8, 4) is 28.7 Å². The van der Waals surface area contributed by atoms with E-state index < -0.39 is 29.7 Å². The van der Waals surface area contributed by atoms with Gasteiger partial charge in [0.25, 0.3) is 0 Å². The lowest BCUT2D eigenvalue weighted by molar-refractivity contribution is 0.0970. The highest BCUT2D eigenvalue weighted by molar-refractivity contribution is 6.31. The van der Waals surface area contributed by atoms with Gasteiger partial charge in [0, 0.05) is 11.1 Å². The van der Waals surface area contributed by atoms with E-state index in [2.05, 4.69) is 0 Å². The first-order valence-corrected chi connectivity index (χ1v) is 7.52. The van der Waals surface area contributed by atoms with E-state index in [0.29, 0.717) is 0 Å². The first-order chi connectivity index (χ1) is 12.4. The molecule has 3 N–H and O–H groups in total. The Hall–Kier alpha value is -3.26. The molecule has 0 amide bonds. The summed E-state index contributed by atoms with van der Waals surface area (Å²) in [4.78, 5) is 26.1. The number of ketones is 2. The standard InChI is InChI=1S/C18H16O8/c1-24-10-4-7(6-19)17(25-2)13-12(10)15(22)11-8(14(13)21)5-9(20)18(26-3)16(11)23/h4-5,19-20,23H,6H2,1-3H3. The molecular formula is C18H16O8. The highest BCUT2D eigenvalue weighted by Gasteiger charge is 2.40. The molecule has 0 aliphatic heterocycles. The molecule has 0 saturated carbocycles. The molecule has 3 rings (SSSR count). The van der Waals surface area contributed by atoms with Crippen LogP contribution in [0.2, 0.25) is 0 Å². The number of carbonyl (C=O) groups is 2. The number of benzene rings is 2. The van der Waals surface area contributed by atoms with Gasteiger partial charge in [0.1, 0.15) is 11.5 Å². The molecule has 0 bridgehead atoms. The van der Waals surface area contributed by atoms with Gasteiger partial charge in [-0.15, -0.1) is 0 Å². The lowest BCUT2D eigenvalue weighted by Gasteiger charge is -2.24. The molecule has 2 aromatic rings. The van der Waals surface area contributed by atoms with Gasteiger partial charge in [0.15, 0.2) is 17.3 Å². The fraction of sp³-hybridized carbons (Fsp3) is 0.222. The Bertz CT molecular complexity index is 945. The minimum Gasteiger partial charge on any atom is -0.504 e. The molecule has 1 aliphatic carbocycles. The summed E-state index contributed by atoms with van der Waals surface area (Å²) >= 11 is 0. The molecule has 0 heterocycles. The molecule has 0 aromatic heterocycles. The van der Waals surface area contributed by atoms with E-state index in [1.165, 1.54) is 27.4 Å². The second kappa shape index (κ2) is 6.23. The van der Waals surface area contributed by atoms with Crippen LogP contribution >= 0.6 is 0 Å². The van der Waals surface area contributed by atoms with E-state index in [0.717, 1.165) is 6.07 Å². The van der Waals surface area contributed by atoms with Crippen LogP contribution in [0.15, 0.2) is 12.1 Å². The van der Waals surface area contributed by atoms with Crippen LogP contribution in [0.5, 0.6) is 28.7 Å². The van der Waals surface area contributed by atoms with E-state index in [1.807, 2.05) is 0 Å². The minimum absolute atomic E-state index is 0.0297. The molecule has 0 saturated heterocycles. The normalized spacial score (nSPS) is 12.5. The van der Waals surface area contributed by atoms with Crippen molar-refractivity contribution in [3.63, 3.8) is 0 Å². The smallest absolute Gasteiger partial charge is 0.203 e. The Morgan fingerprint density at radius 2 is 1.50 bits per heavy atom. The number of phenolic OH excluding ortho intramolecular Hbond substituents is 2. The fourth-order valence-electron chi connectivity index (χ4n) is 3.15. The summed E-state index contributed by atoms with van der Waals surface area (Å²) in [6.07, 6.45) is 0. The van der Waals surface area contributed by atoms with E-state index in [4.69, 9.17) is 14.2 Å². The van der Waals surface area contributed by atoms with Crippen molar-refractivity contribution in [3.05, 3.63) is 39.9 Å². The second-order valence-electron chi connectivity index (χ2n) is 5.54. The predicted molar refractivity (Wildman–Crippen MR) is 88.7 cm³/mol. The number of carbonyl (C=O) groups excluding carboxylic acids is 2. The number of hydrogen-bond donors (Lipinski definition) is 3. The van der Waals surface area contributed by atoms with Gasteiger partial charge < -0.3 is 29.5 Å². The van der Waals surface area contributed by atoms with Crippen molar-refractivity contribution >= 4 is 11.6 Å². The zero-order chi connectivity index (χ0) is 19.2. The average Bonchev–Trinajstić information content (AvgIpc) is 2.64. The van der Waals surface area contributed by atoms with Crippen LogP contribution in [-0.2, 0) is 6.61 Å². The number of aliphatic hydroxyl groups excluding tert-OH is 1. The highest BCUT2D eigenvalue weighted by Crippen LogP contribution is 2.48. The Kier molecular flexibility index (Phi) is 4.21. The Morgan fingerprint density at radius 1 is 0.846 bits per heavy atom. The third kappa shape index (κ3) is 2.19. The first kappa shape index (κ1) is 17.6. The lowest BCUT2D eigenvalue weighted by Crippen LogP contribution is -2.23. The second-order valence-corrected chi connectivity index (χ2v) is 5.54. The first-order valence-electron chi connectivity index (χ1n) is 7.52. The maximum absolute atomic E-state index is 13.1. The summed E-state index contributed by atoms with van der Waals surface area (Å²) in [6.45, 7) is -0.444. The molecule has 1 aliphatic rings. The van der Waals surface area contributed by atoms with Crippen molar-refractivity contribution in [2.45, 2.75) is 6.61 Å². The molecule has 0 fully saturated rings. The van der Waals surface area contributed by atoms with Gasteiger partial charge in [-0.3, -0.25) is 9.59 Å². The molecule has 0 unspecified atom stereocenters. The molecule has 8 heteroatoms. The van der Waals surface area contributed by atoms with Crippen LogP contribution in [-0.4, -0.2) is 48.2 Å². The van der Waals surface area contributed by atoms with E-state index in [-0.39, 0.29) is 45.1 Å². The Balaban J connectivity index is 2.43. The van der Waals surface area contributed by atoms with Crippen molar-refractivity contribution in [2.75, 3.05) is 21.3 Å². The number of ether oxygens (including phenoxy) is 3. The van der Waals surface area contributed by atoms with E-state index in [1.54, 1.807) is 0 Å². The molecule has 26 heavy (non-hydrogen) atoms. The molecular weight excluding hydrogens is 344 g/mol. The van der Waals surface area contributed by atoms with Crippen molar-refractivity contribution in [1.29, 1.82) is 0 Å². The highest BCUT2D eigenvalue weighted by atomic mass is 16.5. The average molecular weight is 360 g/mol. The monoisotopic (exact) mass is 360 g/mol. The van der Waals surface area contributed by atoms with Gasteiger partial charge in [-0.1, -0.05) is 0 Å². The largest absolute Gasteiger partial charge is 0.504 e. The van der Waals surface area contributed by atoms with Crippen LogP contribution in [0.1, 0.15) is 37.4 Å². The van der Waals surface area contributed by atoms with Gasteiger partial charge in [-0.05, 0) is 12.1 Å². The summed E-state index contributed by atoms with van der Waals surface area (Å²) in [6, 6.07) is 2.44. The maximum Gasteiger partial charge on any atom is 0.203 e. The number of hydrogen-bond acceptors (Lipinski definition) is 8. The minimum atomic E-state index is -0.690. The SMILES string of the molecule is COc1cc(CO)c(OC)c2c1C(=O)c1c(cc(O)c(OC)c1O)C2=O. The van der Waals surface area contributed by atoms with Gasteiger partial charge in [-0.25, -0.2) is 0 Å². The van der Waals surface area contributed by atoms with Crippen LogP contribution in [0.25, 0.3) is 0 Å². The molecule has 0 radical (unpaired) electrons. The molecule has 136 valence electrons. The summed E-state index contributed by atoms with van der Waals surface area (Å²) < 4.78 is 15.3. The Morgan fingerprint density at radius 3 is 2.04 bits per heavy atom. The number of aromatic hydroxyl groups is 2.